The van der Waals surface area contributed by atoms with Gasteiger partial charge in [-0.25, -0.2) is 0 Å². The van der Waals surface area contributed by atoms with Crippen LogP contribution < -0.4 is 5.32 Å². The third-order valence-corrected chi connectivity index (χ3v) is 6.11. The Morgan fingerprint density at radius 2 is 1.86 bits per heavy atom. The van der Waals surface area contributed by atoms with Crippen LogP contribution in [0.25, 0.3) is 0 Å². The zero-order valence-corrected chi connectivity index (χ0v) is 13.6. The number of nitrogens with one attached hydrogen (secondary N) is 1. The SMILES string of the molecule is CC(C)c1cc(CNC(=O)C23CC4CC(CC(C4)C2)C3)on1. The van der Waals surface area contributed by atoms with Gasteiger partial charge in [0.05, 0.1) is 12.2 Å². The fraction of sp³-hybridized carbons (Fsp3) is 0.778. The lowest BCUT2D eigenvalue weighted by molar-refractivity contribution is -0.146. The van der Waals surface area contributed by atoms with Crippen LogP contribution in [-0.2, 0) is 11.3 Å². The molecule has 22 heavy (non-hydrogen) atoms. The van der Waals surface area contributed by atoms with Crippen molar-refractivity contribution in [3.05, 3.63) is 17.5 Å². The van der Waals surface area contributed by atoms with Gasteiger partial charge in [-0.2, -0.15) is 0 Å². The molecule has 0 spiro atoms. The molecule has 0 saturated heterocycles. The second-order valence-corrected chi connectivity index (χ2v) is 8.25. The van der Waals surface area contributed by atoms with Crippen molar-refractivity contribution in [1.29, 1.82) is 0 Å². The zero-order chi connectivity index (χ0) is 15.3. The van der Waals surface area contributed by atoms with E-state index in [9.17, 15) is 4.79 Å². The molecule has 4 saturated carbocycles. The average Bonchev–Trinajstić information content (AvgIpc) is 2.92. The molecule has 4 heteroatoms. The summed E-state index contributed by atoms with van der Waals surface area (Å²) in [6, 6.07) is 1.96. The Morgan fingerprint density at radius 3 is 2.36 bits per heavy atom. The third-order valence-electron chi connectivity index (χ3n) is 6.11. The van der Waals surface area contributed by atoms with Gasteiger partial charge in [0.25, 0.3) is 0 Å². The molecular formula is C18H26N2O2. The van der Waals surface area contributed by atoms with E-state index < -0.39 is 0 Å². The molecule has 1 aromatic heterocycles. The number of rotatable bonds is 4. The number of carbonyl (C=O) groups excluding carboxylic acids is 1. The molecule has 0 atom stereocenters. The van der Waals surface area contributed by atoms with E-state index >= 15 is 0 Å². The Morgan fingerprint density at radius 1 is 1.27 bits per heavy atom. The molecule has 0 aliphatic heterocycles. The molecule has 4 nitrogen and oxygen atoms in total. The van der Waals surface area contributed by atoms with Crippen LogP contribution >= 0.6 is 0 Å². The number of hydrogen-bond acceptors (Lipinski definition) is 3. The highest BCUT2D eigenvalue weighted by Crippen LogP contribution is 2.60. The molecule has 1 N–H and O–H groups in total. The van der Waals surface area contributed by atoms with Crippen molar-refractivity contribution in [2.24, 2.45) is 23.2 Å². The molecule has 4 fully saturated rings. The smallest absolute Gasteiger partial charge is 0.226 e. The van der Waals surface area contributed by atoms with E-state index in [0.717, 1.165) is 48.5 Å². The van der Waals surface area contributed by atoms with Gasteiger partial charge in [-0.3, -0.25) is 4.79 Å². The van der Waals surface area contributed by atoms with Gasteiger partial charge in [0.15, 0.2) is 5.76 Å². The van der Waals surface area contributed by atoms with Crippen LogP contribution in [0.5, 0.6) is 0 Å². The van der Waals surface area contributed by atoms with Crippen LogP contribution in [0.4, 0.5) is 0 Å². The van der Waals surface area contributed by atoms with Crippen molar-refractivity contribution < 1.29 is 9.32 Å². The summed E-state index contributed by atoms with van der Waals surface area (Å²) in [4.78, 5) is 12.8. The van der Waals surface area contributed by atoms with Gasteiger partial charge in [-0.1, -0.05) is 19.0 Å². The first-order valence-electron chi connectivity index (χ1n) is 8.78. The Labute approximate surface area is 132 Å². The van der Waals surface area contributed by atoms with E-state index in [4.69, 9.17) is 4.52 Å². The third kappa shape index (κ3) is 2.37. The monoisotopic (exact) mass is 302 g/mol. The summed E-state index contributed by atoms with van der Waals surface area (Å²) in [6.07, 6.45) is 7.43. The highest BCUT2D eigenvalue weighted by Gasteiger charge is 2.54. The number of amides is 1. The average molecular weight is 302 g/mol. The molecule has 0 unspecified atom stereocenters. The Hall–Kier alpha value is -1.32. The quantitative estimate of drug-likeness (QED) is 0.924. The van der Waals surface area contributed by atoms with E-state index in [1.54, 1.807) is 0 Å². The maximum Gasteiger partial charge on any atom is 0.226 e. The molecular weight excluding hydrogens is 276 g/mol. The maximum absolute atomic E-state index is 12.8. The fourth-order valence-electron chi connectivity index (χ4n) is 5.43. The summed E-state index contributed by atoms with van der Waals surface area (Å²) < 4.78 is 5.33. The summed E-state index contributed by atoms with van der Waals surface area (Å²) in [6.45, 7) is 4.66. The first-order chi connectivity index (χ1) is 10.5. The van der Waals surface area contributed by atoms with E-state index in [0.29, 0.717) is 12.5 Å². The number of hydrogen-bond donors (Lipinski definition) is 1. The van der Waals surface area contributed by atoms with Gasteiger partial charge in [-0.15, -0.1) is 0 Å². The first kappa shape index (κ1) is 14.3. The summed E-state index contributed by atoms with van der Waals surface area (Å²) in [5.41, 5.74) is 0.884. The lowest BCUT2D eigenvalue weighted by Crippen LogP contribution is -2.53. The van der Waals surface area contributed by atoms with Crippen molar-refractivity contribution in [2.45, 2.75) is 64.8 Å². The maximum atomic E-state index is 12.8. The van der Waals surface area contributed by atoms with Crippen LogP contribution in [0.2, 0.25) is 0 Å². The topological polar surface area (TPSA) is 55.1 Å². The summed E-state index contributed by atoms with van der Waals surface area (Å²) in [7, 11) is 0. The van der Waals surface area contributed by atoms with Crippen molar-refractivity contribution in [3.8, 4) is 0 Å². The second-order valence-electron chi connectivity index (χ2n) is 8.25. The van der Waals surface area contributed by atoms with E-state index in [2.05, 4.69) is 24.3 Å². The van der Waals surface area contributed by atoms with Crippen LogP contribution in [0, 0.1) is 23.2 Å². The molecule has 5 rings (SSSR count). The van der Waals surface area contributed by atoms with Crippen molar-refractivity contribution in [1.82, 2.24) is 10.5 Å². The summed E-state index contributed by atoms with van der Waals surface area (Å²) >= 11 is 0. The predicted molar refractivity (Wildman–Crippen MR) is 83.0 cm³/mol. The minimum Gasteiger partial charge on any atom is -0.359 e. The van der Waals surface area contributed by atoms with Crippen molar-refractivity contribution >= 4 is 5.91 Å². The van der Waals surface area contributed by atoms with Gasteiger partial charge < -0.3 is 9.84 Å². The lowest BCUT2D eigenvalue weighted by atomic mass is 9.49. The zero-order valence-electron chi connectivity index (χ0n) is 13.6. The predicted octanol–water partition coefficient (Wildman–Crippen LogP) is 3.63. The Bertz CT molecular complexity index is 540. The molecule has 1 aromatic rings. The molecule has 1 heterocycles. The molecule has 4 bridgehead atoms. The normalized spacial score (nSPS) is 36.0. The first-order valence-corrected chi connectivity index (χ1v) is 8.78. The van der Waals surface area contributed by atoms with Gasteiger partial charge in [0, 0.05) is 11.5 Å². The van der Waals surface area contributed by atoms with Crippen molar-refractivity contribution in [3.63, 3.8) is 0 Å². The fourth-order valence-corrected chi connectivity index (χ4v) is 5.43. The Kier molecular flexibility index (Phi) is 3.31. The van der Waals surface area contributed by atoms with Crippen LogP contribution in [0.3, 0.4) is 0 Å². The summed E-state index contributed by atoms with van der Waals surface area (Å²) in [5, 5.41) is 7.20. The van der Waals surface area contributed by atoms with Gasteiger partial charge >= 0.3 is 0 Å². The number of aromatic nitrogens is 1. The number of carbonyl (C=O) groups is 1. The Balaban J connectivity index is 1.41. The molecule has 4 aliphatic rings. The van der Waals surface area contributed by atoms with Gasteiger partial charge in [0.2, 0.25) is 5.91 Å². The van der Waals surface area contributed by atoms with Crippen LogP contribution in [0.1, 0.15) is 69.7 Å². The van der Waals surface area contributed by atoms with Gasteiger partial charge in [0.1, 0.15) is 0 Å². The second kappa shape index (κ2) is 5.10. The molecule has 120 valence electrons. The molecule has 1 amide bonds. The highest BCUT2D eigenvalue weighted by molar-refractivity contribution is 5.83. The number of nitrogens with zero attached hydrogens (tertiary/aromatic N) is 1. The van der Waals surface area contributed by atoms with Crippen LogP contribution in [-0.4, -0.2) is 11.1 Å². The minimum absolute atomic E-state index is 0.0738. The highest BCUT2D eigenvalue weighted by atomic mass is 16.5. The summed E-state index contributed by atoms with van der Waals surface area (Å²) in [5.74, 6) is 3.78. The largest absolute Gasteiger partial charge is 0.359 e. The van der Waals surface area contributed by atoms with Crippen LogP contribution in [0.15, 0.2) is 10.6 Å². The van der Waals surface area contributed by atoms with Gasteiger partial charge in [-0.05, 0) is 62.2 Å². The molecule has 0 radical (unpaired) electrons. The standard InChI is InChI=1S/C18H26N2O2/c1-11(2)16-6-15(22-20-16)10-19-17(21)18-7-12-3-13(8-18)5-14(4-12)9-18/h6,11-14H,3-5,7-10H2,1-2H3,(H,19,21). The lowest BCUT2D eigenvalue weighted by Gasteiger charge is -2.55. The minimum atomic E-state index is -0.0738. The van der Waals surface area contributed by atoms with Crippen molar-refractivity contribution in [2.75, 3.05) is 0 Å². The molecule has 4 aliphatic carbocycles. The molecule has 0 aromatic carbocycles. The van der Waals surface area contributed by atoms with E-state index in [-0.39, 0.29) is 11.3 Å². The van der Waals surface area contributed by atoms with E-state index in [1.165, 1.54) is 19.3 Å². The van der Waals surface area contributed by atoms with E-state index in [1.807, 2.05) is 6.07 Å².